The quantitative estimate of drug-likeness (QED) is 0.530. The number of carbonyl (C=O) groups excluding carboxylic acids is 1. The number of hydrogen-bond acceptors (Lipinski definition) is 11. The third-order valence-electron chi connectivity index (χ3n) is 6.15. The van der Waals surface area contributed by atoms with Crippen LogP contribution in [0.2, 0.25) is 0 Å². The smallest absolute Gasteiger partial charge is 0.251 e. The lowest BCUT2D eigenvalue weighted by atomic mass is 10.1. The van der Waals surface area contributed by atoms with Gasteiger partial charge in [-0.25, -0.2) is 19.9 Å². The number of ether oxygens (including phenoxy) is 1. The average Bonchev–Trinajstić information content (AvgIpc) is 3.27. The Kier molecular flexibility index (Phi) is 6.55. The van der Waals surface area contributed by atoms with Crippen LogP contribution in [0.3, 0.4) is 0 Å². The molecule has 11 nitrogen and oxygen atoms in total. The SMILES string of the molecule is CC(O)C(=O)N1CCN(Cc2csc3c(-c4cnc(N)nc4)nc(N4CCOCC4)nc23)CC1. The highest BCUT2D eigenvalue weighted by Crippen LogP contribution is 2.35. The largest absolute Gasteiger partial charge is 0.384 e. The Bertz CT molecular complexity index is 1150. The molecule has 2 aliphatic heterocycles. The lowest BCUT2D eigenvalue weighted by molar-refractivity contribution is -0.141. The number of nitrogens with zero attached hydrogens (tertiary/aromatic N) is 7. The fourth-order valence-corrected chi connectivity index (χ4v) is 5.27. The highest BCUT2D eigenvalue weighted by atomic mass is 32.1. The second-order valence-electron chi connectivity index (χ2n) is 8.52. The number of aromatic nitrogens is 4. The van der Waals surface area contributed by atoms with Crippen LogP contribution in [0.25, 0.3) is 21.5 Å². The maximum absolute atomic E-state index is 12.1. The molecule has 180 valence electrons. The molecular formula is C22H28N8O3S. The van der Waals surface area contributed by atoms with Crippen molar-refractivity contribution in [3.8, 4) is 11.3 Å². The molecule has 0 saturated carbocycles. The molecule has 2 fully saturated rings. The Hall–Kier alpha value is -2.93. The van der Waals surface area contributed by atoms with Crippen molar-refractivity contribution in [2.45, 2.75) is 19.6 Å². The van der Waals surface area contributed by atoms with Crippen LogP contribution in [0.5, 0.6) is 0 Å². The van der Waals surface area contributed by atoms with Gasteiger partial charge in [0, 0.05) is 69.3 Å². The fraction of sp³-hybridized carbons (Fsp3) is 0.500. The topological polar surface area (TPSA) is 134 Å². The lowest BCUT2D eigenvalue weighted by Gasteiger charge is -2.35. The van der Waals surface area contributed by atoms with Crippen molar-refractivity contribution >= 4 is 39.4 Å². The van der Waals surface area contributed by atoms with Crippen LogP contribution in [-0.2, 0) is 16.1 Å². The minimum Gasteiger partial charge on any atom is -0.384 e. The number of carbonyl (C=O) groups is 1. The summed E-state index contributed by atoms with van der Waals surface area (Å²) in [5, 5.41) is 11.7. The van der Waals surface area contributed by atoms with Gasteiger partial charge in [-0.05, 0) is 12.3 Å². The molecule has 3 aromatic rings. The highest BCUT2D eigenvalue weighted by molar-refractivity contribution is 7.17. The summed E-state index contributed by atoms with van der Waals surface area (Å²) >= 11 is 1.61. The first-order valence-electron chi connectivity index (χ1n) is 11.4. The van der Waals surface area contributed by atoms with Crippen LogP contribution < -0.4 is 10.6 Å². The number of amides is 1. The number of thiophene rings is 1. The maximum atomic E-state index is 12.1. The maximum Gasteiger partial charge on any atom is 0.251 e. The molecule has 0 aromatic carbocycles. The van der Waals surface area contributed by atoms with Crippen LogP contribution >= 0.6 is 11.3 Å². The predicted octanol–water partition coefficient (Wildman–Crippen LogP) is 0.592. The van der Waals surface area contributed by atoms with Gasteiger partial charge in [0.1, 0.15) is 6.10 Å². The molecule has 5 rings (SSSR count). The van der Waals surface area contributed by atoms with Gasteiger partial charge in [-0.2, -0.15) is 0 Å². The zero-order valence-electron chi connectivity index (χ0n) is 19.1. The molecule has 5 heterocycles. The van der Waals surface area contributed by atoms with Crippen LogP contribution in [0.4, 0.5) is 11.9 Å². The first-order valence-corrected chi connectivity index (χ1v) is 12.3. The number of morpholine rings is 1. The molecule has 2 saturated heterocycles. The molecule has 34 heavy (non-hydrogen) atoms. The van der Waals surface area contributed by atoms with Crippen molar-refractivity contribution in [3.63, 3.8) is 0 Å². The van der Waals surface area contributed by atoms with E-state index in [4.69, 9.17) is 20.4 Å². The number of nitrogen functional groups attached to an aromatic ring is 1. The number of aliphatic hydroxyl groups is 1. The van der Waals surface area contributed by atoms with Gasteiger partial charge in [-0.3, -0.25) is 9.69 Å². The lowest BCUT2D eigenvalue weighted by Crippen LogP contribution is -2.50. The summed E-state index contributed by atoms with van der Waals surface area (Å²) in [4.78, 5) is 36.5. The standard InChI is InChI=1S/C22H28N8O3S/c1-14(31)20(32)29-4-2-28(3-5-29)12-16-13-34-19-17(15-10-24-21(23)25-11-15)26-22(27-18(16)19)30-6-8-33-9-7-30/h10-11,13-14,31H,2-9,12H2,1H3,(H2,23,24,25). The molecule has 12 heteroatoms. The Morgan fingerprint density at radius 1 is 1.15 bits per heavy atom. The van der Waals surface area contributed by atoms with Gasteiger partial charge in [0.25, 0.3) is 5.91 Å². The molecule has 2 aliphatic rings. The third kappa shape index (κ3) is 4.67. The molecule has 1 unspecified atom stereocenters. The van der Waals surface area contributed by atoms with E-state index in [1.807, 2.05) is 0 Å². The normalized spacial score (nSPS) is 18.4. The summed E-state index contributed by atoms with van der Waals surface area (Å²) in [6, 6.07) is 0. The van der Waals surface area contributed by atoms with Gasteiger partial charge in [0.05, 0.1) is 29.1 Å². The van der Waals surface area contributed by atoms with Gasteiger partial charge < -0.3 is 25.4 Å². The summed E-state index contributed by atoms with van der Waals surface area (Å²) in [5.74, 6) is 0.691. The number of piperazine rings is 1. The molecule has 0 aliphatic carbocycles. The molecule has 1 amide bonds. The Morgan fingerprint density at radius 3 is 2.53 bits per heavy atom. The minimum atomic E-state index is -0.960. The van der Waals surface area contributed by atoms with Gasteiger partial charge in [0.15, 0.2) is 0 Å². The van der Waals surface area contributed by atoms with Crippen molar-refractivity contribution in [1.82, 2.24) is 29.7 Å². The van der Waals surface area contributed by atoms with Crippen LogP contribution in [0, 0.1) is 0 Å². The molecule has 0 spiro atoms. The Morgan fingerprint density at radius 2 is 1.85 bits per heavy atom. The Balaban J connectivity index is 1.44. The van der Waals surface area contributed by atoms with Gasteiger partial charge in [-0.15, -0.1) is 11.3 Å². The number of aliphatic hydroxyl groups excluding tert-OH is 1. The summed E-state index contributed by atoms with van der Waals surface area (Å²) in [6.45, 7) is 7.72. The van der Waals surface area contributed by atoms with E-state index in [0.29, 0.717) is 32.3 Å². The van der Waals surface area contributed by atoms with Gasteiger partial charge >= 0.3 is 0 Å². The van der Waals surface area contributed by atoms with E-state index < -0.39 is 6.10 Å². The first-order chi connectivity index (χ1) is 16.5. The summed E-state index contributed by atoms with van der Waals surface area (Å²) in [6.07, 6.45) is 2.44. The summed E-state index contributed by atoms with van der Waals surface area (Å²) < 4.78 is 6.50. The summed E-state index contributed by atoms with van der Waals surface area (Å²) in [5.41, 5.74) is 9.36. The number of hydrogen-bond donors (Lipinski definition) is 2. The van der Waals surface area contributed by atoms with Gasteiger partial charge in [-0.1, -0.05) is 0 Å². The van der Waals surface area contributed by atoms with Crippen molar-refractivity contribution in [2.24, 2.45) is 0 Å². The molecule has 0 bridgehead atoms. The summed E-state index contributed by atoms with van der Waals surface area (Å²) in [7, 11) is 0. The van der Waals surface area contributed by atoms with E-state index in [9.17, 15) is 9.90 Å². The van der Waals surface area contributed by atoms with Crippen LogP contribution in [-0.4, -0.2) is 99.3 Å². The third-order valence-corrected chi connectivity index (χ3v) is 7.18. The van der Waals surface area contributed by atoms with Crippen molar-refractivity contribution in [2.75, 3.05) is 63.1 Å². The van der Waals surface area contributed by atoms with E-state index >= 15 is 0 Å². The number of rotatable bonds is 5. The van der Waals surface area contributed by atoms with E-state index in [0.717, 1.165) is 59.8 Å². The number of fused-ring (bicyclic) bond motifs is 1. The van der Waals surface area contributed by atoms with Crippen molar-refractivity contribution < 1.29 is 14.6 Å². The zero-order valence-corrected chi connectivity index (χ0v) is 19.9. The van der Waals surface area contributed by atoms with Crippen molar-refractivity contribution in [3.05, 3.63) is 23.3 Å². The first kappa shape index (κ1) is 22.8. The molecule has 3 N–H and O–H groups in total. The van der Waals surface area contributed by atoms with Gasteiger partial charge in [0.2, 0.25) is 11.9 Å². The van der Waals surface area contributed by atoms with E-state index in [1.165, 1.54) is 6.92 Å². The molecule has 0 radical (unpaired) electrons. The zero-order chi connectivity index (χ0) is 23.7. The Labute approximate surface area is 201 Å². The fourth-order valence-electron chi connectivity index (χ4n) is 4.26. The second-order valence-corrected chi connectivity index (χ2v) is 9.40. The van der Waals surface area contributed by atoms with E-state index in [-0.39, 0.29) is 11.9 Å². The minimum absolute atomic E-state index is 0.209. The van der Waals surface area contributed by atoms with Crippen molar-refractivity contribution in [1.29, 1.82) is 0 Å². The van der Waals surface area contributed by atoms with Crippen LogP contribution in [0.1, 0.15) is 12.5 Å². The van der Waals surface area contributed by atoms with E-state index in [2.05, 4.69) is 25.1 Å². The monoisotopic (exact) mass is 484 g/mol. The number of anilines is 2. The second kappa shape index (κ2) is 9.74. The predicted molar refractivity (Wildman–Crippen MR) is 129 cm³/mol. The highest BCUT2D eigenvalue weighted by Gasteiger charge is 2.25. The molecular weight excluding hydrogens is 456 g/mol. The van der Waals surface area contributed by atoms with Crippen LogP contribution in [0.15, 0.2) is 17.8 Å². The number of nitrogens with two attached hydrogens (primary N) is 1. The molecule has 3 aromatic heterocycles. The van der Waals surface area contributed by atoms with E-state index in [1.54, 1.807) is 28.6 Å². The molecule has 1 atom stereocenters. The average molecular weight is 485 g/mol.